The quantitative estimate of drug-likeness (QED) is 0.765. The summed E-state index contributed by atoms with van der Waals surface area (Å²) in [7, 11) is 1.34. The van der Waals surface area contributed by atoms with E-state index in [0.29, 0.717) is 16.2 Å². The highest BCUT2D eigenvalue weighted by molar-refractivity contribution is 9.10. The smallest absolute Gasteiger partial charge is 0.407 e. The third-order valence-electron chi connectivity index (χ3n) is 3.74. The zero-order chi connectivity index (χ0) is 18.1. The Bertz CT molecular complexity index is 619. The van der Waals surface area contributed by atoms with Crippen LogP contribution >= 0.6 is 15.9 Å². The van der Waals surface area contributed by atoms with Crippen molar-refractivity contribution in [1.29, 1.82) is 0 Å². The Balaban J connectivity index is 2.21. The van der Waals surface area contributed by atoms with Gasteiger partial charge in [-0.05, 0) is 62.4 Å². The first-order valence-electron chi connectivity index (χ1n) is 7.95. The number of ether oxygens (including phenoxy) is 2. The summed E-state index contributed by atoms with van der Waals surface area (Å²) in [6.45, 7) is 7.34. The second kappa shape index (κ2) is 7.13. The van der Waals surface area contributed by atoms with Gasteiger partial charge in [0.2, 0.25) is 0 Å². The number of halogens is 1. The fourth-order valence-electron chi connectivity index (χ4n) is 2.69. The number of nitrogens with zero attached hydrogens (tertiary/aromatic N) is 2. The van der Waals surface area contributed by atoms with Crippen molar-refractivity contribution >= 4 is 28.0 Å². The molecule has 1 aliphatic carbocycles. The van der Waals surface area contributed by atoms with Gasteiger partial charge in [-0.3, -0.25) is 4.68 Å². The molecule has 1 aromatic rings. The number of aromatic nitrogens is 2. The summed E-state index contributed by atoms with van der Waals surface area (Å²) in [6.07, 6.45) is 1.58. The van der Waals surface area contributed by atoms with E-state index < -0.39 is 17.7 Å². The van der Waals surface area contributed by atoms with Crippen LogP contribution in [0.1, 0.15) is 57.1 Å². The molecule has 8 heteroatoms. The number of carbonyl (C=O) groups excluding carboxylic acids is 2. The van der Waals surface area contributed by atoms with Crippen LogP contribution in [0.25, 0.3) is 0 Å². The Morgan fingerprint density at radius 2 is 2.04 bits per heavy atom. The van der Waals surface area contributed by atoms with Crippen molar-refractivity contribution in [2.45, 2.75) is 58.2 Å². The highest BCUT2D eigenvalue weighted by Gasteiger charge is 2.39. The van der Waals surface area contributed by atoms with Crippen LogP contribution in [0.5, 0.6) is 0 Å². The van der Waals surface area contributed by atoms with E-state index in [0.717, 1.165) is 12.8 Å². The van der Waals surface area contributed by atoms with E-state index in [-0.39, 0.29) is 12.1 Å². The summed E-state index contributed by atoms with van der Waals surface area (Å²) in [5, 5.41) is 7.24. The number of methoxy groups -OCH3 is 1. The maximum atomic E-state index is 12.1. The summed E-state index contributed by atoms with van der Waals surface area (Å²) in [5.41, 5.74) is -0.204. The summed E-state index contributed by atoms with van der Waals surface area (Å²) in [4.78, 5) is 24.1. The number of hydrogen-bond acceptors (Lipinski definition) is 5. The summed E-state index contributed by atoms with van der Waals surface area (Å²) in [5.74, 6) is -0.103. The monoisotopic (exact) mass is 401 g/mol. The normalized spacial score (nSPS) is 17.1. The van der Waals surface area contributed by atoms with Gasteiger partial charge in [0, 0.05) is 6.07 Å². The lowest BCUT2D eigenvalue weighted by Crippen LogP contribution is -2.43. The van der Waals surface area contributed by atoms with Crippen LogP contribution in [0.3, 0.4) is 0 Å². The third-order valence-corrected chi connectivity index (χ3v) is 4.13. The van der Waals surface area contributed by atoms with Crippen molar-refractivity contribution in [3.8, 4) is 0 Å². The maximum absolute atomic E-state index is 12.1. The molecule has 1 aliphatic rings. The lowest BCUT2D eigenvalue weighted by molar-refractivity contribution is 0.0486. The predicted molar refractivity (Wildman–Crippen MR) is 91.9 cm³/mol. The van der Waals surface area contributed by atoms with Gasteiger partial charge in [-0.2, -0.15) is 5.10 Å². The molecule has 0 saturated heterocycles. The van der Waals surface area contributed by atoms with E-state index in [1.807, 2.05) is 27.7 Å². The first-order valence-corrected chi connectivity index (χ1v) is 8.74. The Kier molecular flexibility index (Phi) is 5.57. The van der Waals surface area contributed by atoms with Gasteiger partial charge in [-0.1, -0.05) is 0 Å². The van der Waals surface area contributed by atoms with Gasteiger partial charge in [0.05, 0.1) is 19.2 Å². The standard InChI is InChI=1S/C16H24BrN3O4/c1-9(18-15(22)24-16(2,3)4)13(10-6-7-10)20-11(14(21)23-5)8-12(17)19-20/h8-10,13H,6-7H2,1-5H3,(H,18,22). The van der Waals surface area contributed by atoms with Crippen LogP contribution in [0.15, 0.2) is 10.7 Å². The largest absolute Gasteiger partial charge is 0.464 e. The molecule has 7 nitrogen and oxygen atoms in total. The lowest BCUT2D eigenvalue weighted by Gasteiger charge is -2.28. The van der Waals surface area contributed by atoms with Crippen LogP contribution in [0.2, 0.25) is 0 Å². The van der Waals surface area contributed by atoms with Gasteiger partial charge in [0.1, 0.15) is 15.9 Å². The summed E-state index contributed by atoms with van der Waals surface area (Å²) in [6, 6.07) is 1.24. The molecule has 2 atom stereocenters. The average Bonchev–Trinajstić information content (AvgIpc) is 3.18. The molecular formula is C16H24BrN3O4. The van der Waals surface area contributed by atoms with Crippen LogP contribution < -0.4 is 5.32 Å². The predicted octanol–water partition coefficient (Wildman–Crippen LogP) is 3.30. The highest BCUT2D eigenvalue weighted by Crippen LogP contribution is 2.42. The van der Waals surface area contributed by atoms with Gasteiger partial charge in [-0.15, -0.1) is 0 Å². The molecule has 24 heavy (non-hydrogen) atoms. The Morgan fingerprint density at radius 1 is 1.42 bits per heavy atom. The first kappa shape index (κ1) is 18.8. The molecule has 1 heterocycles. The van der Waals surface area contributed by atoms with Crippen LogP contribution in [-0.2, 0) is 9.47 Å². The summed E-state index contributed by atoms with van der Waals surface area (Å²) < 4.78 is 12.4. The number of nitrogens with one attached hydrogen (secondary N) is 1. The van der Waals surface area contributed by atoms with Crippen LogP contribution in [0.4, 0.5) is 4.79 Å². The minimum Gasteiger partial charge on any atom is -0.464 e. The molecule has 1 amide bonds. The van der Waals surface area contributed by atoms with E-state index >= 15 is 0 Å². The maximum Gasteiger partial charge on any atom is 0.407 e. The fourth-order valence-corrected chi connectivity index (χ4v) is 3.07. The summed E-state index contributed by atoms with van der Waals surface area (Å²) >= 11 is 3.31. The third kappa shape index (κ3) is 4.72. The molecule has 0 aliphatic heterocycles. The number of alkyl carbamates (subject to hydrolysis) is 1. The Morgan fingerprint density at radius 3 is 2.54 bits per heavy atom. The van der Waals surface area contributed by atoms with Gasteiger partial charge in [0.15, 0.2) is 0 Å². The van der Waals surface area contributed by atoms with Crippen molar-refractivity contribution in [2.75, 3.05) is 7.11 Å². The second-order valence-corrected chi connectivity index (χ2v) is 7.86. The van der Waals surface area contributed by atoms with Gasteiger partial charge < -0.3 is 14.8 Å². The van der Waals surface area contributed by atoms with Crippen molar-refractivity contribution < 1.29 is 19.1 Å². The molecule has 1 fully saturated rings. The number of carbonyl (C=O) groups is 2. The van der Waals surface area contributed by atoms with Gasteiger partial charge in [0.25, 0.3) is 0 Å². The average molecular weight is 402 g/mol. The molecule has 0 aromatic carbocycles. The van der Waals surface area contributed by atoms with Crippen LogP contribution in [-0.4, -0.2) is 40.6 Å². The zero-order valence-corrected chi connectivity index (χ0v) is 16.2. The molecule has 134 valence electrons. The van der Waals surface area contributed by atoms with Crippen molar-refractivity contribution in [3.63, 3.8) is 0 Å². The molecule has 1 N–H and O–H groups in total. The molecular weight excluding hydrogens is 378 g/mol. The topological polar surface area (TPSA) is 82.5 Å². The van der Waals surface area contributed by atoms with E-state index in [9.17, 15) is 9.59 Å². The Labute approximate surface area is 150 Å². The zero-order valence-electron chi connectivity index (χ0n) is 14.6. The van der Waals surface area contributed by atoms with Crippen molar-refractivity contribution in [3.05, 3.63) is 16.4 Å². The van der Waals surface area contributed by atoms with E-state index in [4.69, 9.17) is 9.47 Å². The molecule has 0 bridgehead atoms. The number of rotatable bonds is 5. The molecule has 0 spiro atoms. The van der Waals surface area contributed by atoms with Gasteiger partial charge >= 0.3 is 12.1 Å². The Hall–Kier alpha value is -1.57. The highest BCUT2D eigenvalue weighted by atomic mass is 79.9. The van der Waals surface area contributed by atoms with Crippen molar-refractivity contribution in [2.24, 2.45) is 5.92 Å². The van der Waals surface area contributed by atoms with E-state index in [1.54, 1.807) is 10.7 Å². The van der Waals surface area contributed by atoms with E-state index in [1.165, 1.54) is 7.11 Å². The number of hydrogen-bond donors (Lipinski definition) is 1. The SMILES string of the molecule is COC(=O)c1cc(Br)nn1C(C1CC1)C(C)NC(=O)OC(C)(C)C. The minimum atomic E-state index is -0.565. The van der Waals surface area contributed by atoms with E-state index in [2.05, 4.69) is 26.3 Å². The first-order chi connectivity index (χ1) is 11.1. The van der Waals surface area contributed by atoms with Gasteiger partial charge in [-0.25, -0.2) is 9.59 Å². The second-order valence-electron chi connectivity index (χ2n) is 7.05. The lowest BCUT2D eigenvalue weighted by atomic mass is 10.0. The number of amides is 1. The molecule has 2 unspecified atom stereocenters. The van der Waals surface area contributed by atoms with Crippen LogP contribution in [0, 0.1) is 5.92 Å². The number of esters is 1. The fraction of sp³-hybridized carbons (Fsp3) is 0.688. The molecule has 1 saturated carbocycles. The van der Waals surface area contributed by atoms with Crippen molar-refractivity contribution in [1.82, 2.24) is 15.1 Å². The minimum absolute atomic E-state index is 0.141. The molecule has 0 radical (unpaired) electrons. The molecule has 2 rings (SSSR count). The molecule has 1 aromatic heterocycles.